The highest BCUT2D eigenvalue weighted by Gasteiger charge is 2.34. The van der Waals surface area contributed by atoms with E-state index in [1.165, 1.54) is 64.2 Å². The number of nitrogens with one attached hydrogen (secondary N) is 3. The lowest BCUT2D eigenvalue weighted by molar-refractivity contribution is -0.121. The van der Waals surface area contributed by atoms with Crippen LogP contribution in [0, 0.1) is 11.8 Å². The van der Waals surface area contributed by atoms with Crippen LogP contribution in [-0.2, 0) is 4.79 Å². The quantitative estimate of drug-likeness (QED) is 0.658. The lowest BCUT2D eigenvalue weighted by atomic mass is 9.86. The molecule has 0 bridgehead atoms. The molecule has 0 saturated heterocycles. The zero-order valence-electron chi connectivity index (χ0n) is 15.5. The molecule has 0 unspecified atom stereocenters. The summed E-state index contributed by atoms with van der Waals surface area (Å²) in [4.78, 5) is 24.3. The van der Waals surface area contributed by atoms with Crippen molar-refractivity contribution in [3.63, 3.8) is 0 Å². The summed E-state index contributed by atoms with van der Waals surface area (Å²) in [5, 5.41) is 9.24. The summed E-state index contributed by atoms with van der Waals surface area (Å²) < 4.78 is 0. The van der Waals surface area contributed by atoms with Crippen molar-refractivity contribution in [1.29, 1.82) is 0 Å². The molecule has 0 aromatic heterocycles. The van der Waals surface area contributed by atoms with Gasteiger partial charge in [0, 0.05) is 25.0 Å². The summed E-state index contributed by atoms with van der Waals surface area (Å²) in [5.74, 6) is 1.37. The standard InChI is InChI=1S/C20H35N3O2/c24-18(22-17-11-5-6-12-17)13-14-21-20(25)23-19(15-7-1-2-8-15)16-9-3-4-10-16/h15-17,19H,1-14H2,(H,22,24)(H2,21,23,25). The molecule has 0 aromatic rings. The van der Waals surface area contributed by atoms with Crippen LogP contribution in [-0.4, -0.2) is 30.6 Å². The molecule has 3 saturated carbocycles. The van der Waals surface area contributed by atoms with Gasteiger partial charge in [-0.2, -0.15) is 0 Å². The predicted octanol–water partition coefficient (Wildman–Crippen LogP) is 3.48. The highest BCUT2D eigenvalue weighted by Crippen LogP contribution is 2.37. The van der Waals surface area contributed by atoms with E-state index in [0.717, 1.165) is 12.8 Å². The Kier molecular flexibility index (Phi) is 7.00. The lowest BCUT2D eigenvalue weighted by Crippen LogP contribution is -2.49. The molecular weight excluding hydrogens is 314 g/mol. The Bertz CT molecular complexity index is 420. The summed E-state index contributed by atoms with van der Waals surface area (Å²) in [6, 6.07) is 0.602. The molecular formula is C20H35N3O2. The number of hydrogen-bond donors (Lipinski definition) is 3. The molecule has 3 aliphatic carbocycles. The maximum absolute atomic E-state index is 12.3. The number of carbonyl (C=O) groups is 2. The average Bonchev–Trinajstić information content (AvgIpc) is 3.34. The van der Waals surface area contributed by atoms with Crippen LogP contribution >= 0.6 is 0 Å². The largest absolute Gasteiger partial charge is 0.353 e. The van der Waals surface area contributed by atoms with E-state index in [4.69, 9.17) is 0 Å². The first-order valence-electron chi connectivity index (χ1n) is 10.6. The molecule has 3 fully saturated rings. The molecule has 5 heteroatoms. The molecule has 142 valence electrons. The van der Waals surface area contributed by atoms with E-state index in [2.05, 4.69) is 16.0 Å². The van der Waals surface area contributed by atoms with E-state index < -0.39 is 0 Å². The molecule has 5 nitrogen and oxygen atoms in total. The third-order valence-electron chi connectivity index (χ3n) is 6.47. The monoisotopic (exact) mass is 349 g/mol. The zero-order valence-corrected chi connectivity index (χ0v) is 15.5. The number of urea groups is 1. The molecule has 0 spiro atoms. The smallest absolute Gasteiger partial charge is 0.315 e. The highest BCUT2D eigenvalue weighted by atomic mass is 16.2. The highest BCUT2D eigenvalue weighted by molar-refractivity contribution is 5.78. The number of hydrogen-bond acceptors (Lipinski definition) is 2. The second kappa shape index (κ2) is 9.44. The van der Waals surface area contributed by atoms with Gasteiger partial charge in [0.05, 0.1) is 0 Å². The third kappa shape index (κ3) is 5.61. The molecule has 3 aliphatic rings. The molecule has 25 heavy (non-hydrogen) atoms. The Morgan fingerprint density at radius 3 is 1.88 bits per heavy atom. The van der Waals surface area contributed by atoms with Crippen molar-refractivity contribution < 1.29 is 9.59 Å². The minimum atomic E-state index is -0.0857. The Morgan fingerprint density at radius 1 is 0.800 bits per heavy atom. The minimum Gasteiger partial charge on any atom is -0.353 e. The first-order chi connectivity index (χ1) is 12.2. The SMILES string of the molecule is O=C(CCNC(=O)NC(C1CCCC1)C1CCCC1)NC1CCCC1. The summed E-state index contributed by atoms with van der Waals surface area (Å²) in [6.45, 7) is 0.423. The van der Waals surface area contributed by atoms with Gasteiger partial charge < -0.3 is 16.0 Å². The summed E-state index contributed by atoms with van der Waals surface area (Å²) in [6.07, 6.45) is 15.3. The van der Waals surface area contributed by atoms with Gasteiger partial charge in [-0.3, -0.25) is 4.79 Å². The second-order valence-electron chi connectivity index (χ2n) is 8.31. The Balaban J connectivity index is 1.38. The number of amides is 3. The van der Waals surface area contributed by atoms with Crippen LogP contribution < -0.4 is 16.0 Å². The van der Waals surface area contributed by atoms with Gasteiger partial charge in [-0.15, -0.1) is 0 Å². The van der Waals surface area contributed by atoms with Crippen LogP contribution in [0.3, 0.4) is 0 Å². The van der Waals surface area contributed by atoms with Crippen molar-refractivity contribution in [3.05, 3.63) is 0 Å². The van der Waals surface area contributed by atoms with Crippen LogP contribution in [0.25, 0.3) is 0 Å². The van der Waals surface area contributed by atoms with Crippen LogP contribution in [0.5, 0.6) is 0 Å². The van der Waals surface area contributed by atoms with Crippen LogP contribution in [0.2, 0.25) is 0 Å². The van der Waals surface area contributed by atoms with Gasteiger partial charge in [-0.1, -0.05) is 38.5 Å². The second-order valence-corrected chi connectivity index (χ2v) is 8.31. The number of rotatable bonds is 7. The third-order valence-corrected chi connectivity index (χ3v) is 6.47. The Morgan fingerprint density at radius 2 is 1.32 bits per heavy atom. The van der Waals surface area contributed by atoms with Crippen molar-refractivity contribution in [1.82, 2.24) is 16.0 Å². The van der Waals surface area contributed by atoms with Crippen LogP contribution in [0.15, 0.2) is 0 Å². The first kappa shape index (κ1) is 18.5. The fourth-order valence-corrected chi connectivity index (χ4v) is 5.12. The van der Waals surface area contributed by atoms with E-state index in [-0.39, 0.29) is 11.9 Å². The predicted molar refractivity (Wildman–Crippen MR) is 99.3 cm³/mol. The fraction of sp³-hybridized carbons (Fsp3) is 0.900. The summed E-state index contributed by atoms with van der Waals surface area (Å²) >= 11 is 0. The van der Waals surface area contributed by atoms with Gasteiger partial charge in [-0.05, 0) is 50.4 Å². The topological polar surface area (TPSA) is 70.2 Å². The van der Waals surface area contributed by atoms with E-state index in [9.17, 15) is 9.59 Å². The molecule has 0 aliphatic heterocycles. The summed E-state index contributed by atoms with van der Waals surface area (Å²) in [5.41, 5.74) is 0. The van der Waals surface area contributed by atoms with Gasteiger partial charge in [0.15, 0.2) is 0 Å². The van der Waals surface area contributed by atoms with Gasteiger partial charge in [-0.25, -0.2) is 4.79 Å². The van der Waals surface area contributed by atoms with Crippen LogP contribution in [0.4, 0.5) is 4.79 Å². The first-order valence-corrected chi connectivity index (χ1v) is 10.6. The van der Waals surface area contributed by atoms with E-state index in [1.54, 1.807) is 0 Å². The number of carbonyl (C=O) groups excluding carboxylic acids is 2. The maximum Gasteiger partial charge on any atom is 0.315 e. The zero-order chi connectivity index (χ0) is 17.5. The van der Waals surface area contributed by atoms with Gasteiger partial charge in [0.2, 0.25) is 5.91 Å². The molecule has 0 aromatic carbocycles. The normalized spacial score (nSPS) is 22.6. The molecule has 3 N–H and O–H groups in total. The average molecular weight is 350 g/mol. The van der Waals surface area contributed by atoms with Crippen molar-refractivity contribution in [3.8, 4) is 0 Å². The van der Waals surface area contributed by atoms with Crippen molar-refractivity contribution in [2.24, 2.45) is 11.8 Å². The summed E-state index contributed by atoms with van der Waals surface area (Å²) in [7, 11) is 0. The molecule has 3 rings (SSSR count). The molecule has 0 atom stereocenters. The van der Waals surface area contributed by atoms with Crippen molar-refractivity contribution in [2.75, 3.05) is 6.54 Å². The minimum absolute atomic E-state index is 0.0651. The van der Waals surface area contributed by atoms with Crippen LogP contribution in [0.1, 0.15) is 83.5 Å². The maximum atomic E-state index is 12.3. The van der Waals surface area contributed by atoms with Crippen molar-refractivity contribution in [2.45, 2.75) is 95.6 Å². The van der Waals surface area contributed by atoms with E-state index >= 15 is 0 Å². The molecule has 0 radical (unpaired) electrons. The molecule has 3 amide bonds. The van der Waals surface area contributed by atoms with E-state index in [1.807, 2.05) is 0 Å². The fourth-order valence-electron chi connectivity index (χ4n) is 5.12. The van der Waals surface area contributed by atoms with Gasteiger partial charge >= 0.3 is 6.03 Å². The Hall–Kier alpha value is -1.26. The lowest BCUT2D eigenvalue weighted by Gasteiger charge is -2.30. The van der Waals surface area contributed by atoms with E-state index in [0.29, 0.717) is 36.9 Å². The van der Waals surface area contributed by atoms with Crippen molar-refractivity contribution >= 4 is 11.9 Å². The Labute approximate surface area is 152 Å². The molecule has 0 heterocycles. The van der Waals surface area contributed by atoms with Gasteiger partial charge in [0.1, 0.15) is 0 Å². The van der Waals surface area contributed by atoms with Gasteiger partial charge in [0.25, 0.3) is 0 Å².